The summed E-state index contributed by atoms with van der Waals surface area (Å²) in [5, 5.41) is 23.6. The molecule has 3 aliphatic carbocycles. The molecule has 0 aromatic heterocycles. The molecule has 0 bridgehead atoms. The van der Waals surface area contributed by atoms with E-state index in [0.717, 1.165) is 43.1 Å². The molecular formula is C28H44O2. The van der Waals surface area contributed by atoms with Crippen molar-refractivity contribution in [3.63, 3.8) is 0 Å². The third-order valence-electron chi connectivity index (χ3n) is 9.92. The number of fused-ring (bicyclic) bond motifs is 4. The number of hydrogen-bond donors (Lipinski definition) is 2. The molecule has 6 atom stereocenters. The molecule has 2 nitrogen and oxygen atoms in total. The van der Waals surface area contributed by atoms with Crippen LogP contribution in [0, 0.1) is 36.0 Å². The molecule has 0 amide bonds. The van der Waals surface area contributed by atoms with Crippen LogP contribution in [0.1, 0.15) is 101 Å². The van der Waals surface area contributed by atoms with E-state index >= 15 is 0 Å². The lowest BCUT2D eigenvalue weighted by Crippen LogP contribution is -2.52. The zero-order valence-corrected chi connectivity index (χ0v) is 20.2. The van der Waals surface area contributed by atoms with E-state index in [1.165, 1.54) is 54.4 Å². The van der Waals surface area contributed by atoms with Crippen LogP contribution >= 0.6 is 0 Å². The predicted octanol–water partition coefficient (Wildman–Crippen LogP) is 6.10. The second-order valence-electron chi connectivity index (χ2n) is 11.7. The van der Waals surface area contributed by atoms with Gasteiger partial charge in [0.1, 0.15) is 5.60 Å². The first-order chi connectivity index (χ1) is 14.1. The Bertz CT molecular complexity index is 796. The molecule has 1 aromatic rings. The molecule has 1 fully saturated rings. The van der Waals surface area contributed by atoms with Crippen molar-refractivity contribution in [3.8, 4) is 0 Å². The summed E-state index contributed by atoms with van der Waals surface area (Å²) in [5.74, 6) is 2.35. The molecule has 30 heavy (non-hydrogen) atoms. The van der Waals surface area contributed by atoms with Crippen LogP contribution in [-0.2, 0) is 24.9 Å². The maximum atomic E-state index is 12.3. The maximum absolute atomic E-state index is 12.3. The Morgan fingerprint density at radius 2 is 1.73 bits per heavy atom. The van der Waals surface area contributed by atoms with Crippen molar-refractivity contribution in [1.82, 2.24) is 0 Å². The average molecular weight is 413 g/mol. The van der Waals surface area contributed by atoms with E-state index in [1.54, 1.807) is 0 Å². The summed E-state index contributed by atoms with van der Waals surface area (Å²) in [4.78, 5) is 0. The second-order valence-corrected chi connectivity index (χ2v) is 11.7. The Morgan fingerprint density at radius 3 is 2.43 bits per heavy atom. The zero-order chi connectivity index (χ0) is 21.8. The summed E-state index contributed by atoms with van der Waals surface area (Å²) in [7, 11) is 0. The predicted molar refractivity (Wildman–Crippen MR) is 125 cm³/mol. The SMILES string of the molecule is Cc1c2c(cc3c1CC[C@]1(C)[C@@H]([C@H](C)CC[C@H](C)C(C)C)C[C@H](O)[C@@]31O)CCCC2. The number of aryl methyl sites for hydroxylation is 1. The number of benzene rings is 1. The minimum atomic E-state index is -1.10. The highest BCUT2D eigenvalue weighted by molar-refractivity contribution is 5.52. The molecular weight excluding hydrogens is 368 g/mol. The van der Waals surface area contributed by atoms with Crippen molar-refractivity contribution in [2.24, 2.45) is 29.1 Å². The van der Waals surface area contributed by atoms with Crippen LogP contribution in [0.5, 0.6) is 0 Å². The highest BCUT2D eigenvalue weighted by Crippen LogP contribution is 2.64. The average Bonchev–Trinajstić information content (AvgIpc) is 2.93. The van der Waals surface area contributed by atoms with Gasteiger partial charge < -0.3 is 10.2 Å². The standard InChI is InChI=1S/C28H44O2/c1-17(2)18(3)11-12-19(4)24-16-26(29)28(30)25-15-21-9-7-8-10-22(21)20(5)23(25)13-14-27(24,28)6/h15,17-19,24,26,29-30H,7-14,16H2,1-6H3/t18-,19+,24+,26-,27+,28-/m0/s1. The third-order valence-corrected chi connectivity index (χ3v) is 9.92. The van der Waals surface area contributed by atoms with Gasteiger partial charge in [-0.1, -0.05) is 53.5 Å². The van der Waals surface area contributed by atoms with Crippen molar-refractivity contribution < 1.29 is 10.2 Å². The molecule has 2 N–H and O–H groups in total. The van der Waals surface area contributed by atoms with E-state index < -0.39 is 11.7 Å². The molecule has 1 aromatic carbocycles. The topological polar surface area (TPSA) is 40.5 Å². The lowest BCUT2D eigenvalue weighted by atomic mass is 9.57. The van der Waals surface area contributed by atoms with Gasteiger partial charge in [-0.25, -0.2) is 0 Å². The summed E-state index contributed by atoms with van der Waals surface area (Å²) in [6.07, 6.45) is 9.38. The smallest absolute Gasteiger partial charge is 0.121 e. The van der Waals surface area contributed by atoms with Crippen LogP contribution in [0.25, 0.3) is 0 Å². The molecule has 0 spiro atoms. The van der Waals surface area contributed by atoms with Crippen molar-refractivity contribution in [1.29, 1.82) is 0 Å². The van der Waals surface area contributed by atoms with E-state index in [9.17, 15) is 10.2 Å². The van der Waals surface area contributed by atoms with Gasteiger partial charge in [0, 0.05) is 5.41 Å². The van der Waals surface area contributed by atoms with Gasteiger partial charge in [0.25, 0.3) is 0 Å². The van der Waals surface area contributed by atoms with E-state index in [4.69, 9.17) is 0 Å². The summed E-state index contributed by atoms with van der Waals surface area (Å²) >= 11 is 0. The largest absolute Gasteiger partial charge is 0.390 e. The fraction of sp³-hybridized carbons (Fsp3) is 0.786. The molecule has 1 saturated carbocycles. The van der Waals surface area contributed by atoms with Crippen molar-refractivity contribution in [2.75, 3.05) is 0 Å². The second kappa shape index (κ2) is 7.93. The monoisotopic (exact) mass is 412 g/mol. The fourth-order valence-electron chi connectivity index (χ4n) is 7.33. The molecule has 168 valence electrons. The third kappa shape index (κ3) is 3.20. The summed E-state index contributed by atoms with van der Waals surface area (Å²) in [5.41, 5.74) is 5.46. The highest BCUT2D eigenvalue weighted by atomic mass is 16.3. The van der Waals surface area contributed by atoms with Crippen LogP contribution in [0.2, 0.25) is 0 Å². The normalized spacial score (nSPS) is 35.0. The lowest BCUT2D eigenvalue weighted by Gasteiger charge is -2.50. The van der Waals surface area contributed by atoms with Gasteiger partial charge in [0.05, 0.1) is 6.10 Å². The quantitative estimate of drug-likeness (QED) is 0.613. The van der Waals surface area contributed by atoms with Gasteiger partial charge in [0.2, 0.25) is 0 Å². The Hall–Kier alpha value is -0.860. The van der Waals surface area contributed by atoms with Gasteiger partial charge in [-0.05, 0) is 103 Å². The lowest BCUT2D eigenvalue weighted by molar-refractivity contribution is -0.144. The minimum Gasteiger partial charge on any atom is -0.390 e. The van der Waals surface area contributed by atoms with Crippen LogP contribution in [-0.4, -0.2) is 16.3 Å². The van der Waals surface area contributed by atoms with Gasteiger partial charge in [-0.2, -0.15) is 0 Å². The van der Waals surface area contributed by atoms with Gasteiger partial charge >= 0.3 is 0 Å². The van der Waals surface area contributed by atoms with Gasteiger partial charge in [-0.15, -0.1) is 0 Å². The molecule has 0 unspecified atom stereocenters. The Kier molecular flexibility index (Phi) is 5.90. The van der Waals surface area contributed by atoms with Crippen LogP contribution in [0.3, 0.4) is 0 Å². The minimum absolute atomic E-state index is 0.241. The van der Waals surface area contributed by atoms with Crippen molar-refractivity contribution >= 4 is 0 Å². The van der Waals surface area contributed by atoms with E-state index in [-0.39, 0.29) is 5.41 Å². The van der Waals surface area contributed by atoms with Crippen molar-refractivity contribution in [2.45, 2.75) is 111 Å². The highest BCUT2D eigenvalue weighted by Gasteiger charge is 2.65. The Labute approximate surface area is 184 Å². The molecule has 0 heterocycles. The summed E-state index contributed by atoms with van der Waals surface area (Å²) in [6, 6.07) is 2.31. The number of hydrogen-bond acceptors (Lipinski definition) is 2. The number of aliphatic hydroxyl groups excluding tert-OH is 1. The van der Waals surface area contributed by atoms with Gasteiger partial charge in [0.15, 0.2) is 0 Å². The fourth-order valence-corrected chi connectivity index (χ4v) is 7.33. The Morgan fingerprint density at radius 1 is 1.03 bits per heavy atom. The first kappa shape index (κ1) is 22.3. The van der Waals surface area contributed by atoms with Crippen molar-refractivity contribution in [3.05, 3.63) is 33.9 Å². The maximum Gasteiger partial charge on any atom is 0.121 e. The molecule has 2 heteroatoms. The van der Waals surface area contributed by atoms with Crippen LogP contribution in [0.15, 0.2) is 6.07 Å². The Balaban J connectivity index is 1.68. The van der Waals surface area contributed by atoms with E-state index in [2.05, 4.69) is 47.6 Å². The molecule has 0 saturated heterocycles. The molecule has 0 radical (unpaired) electrons. The zero-order valence-electron chi connectivity index (χ0n) is 20.2. The molecule has 3 aliphatic rings. The first-order valence-corrected chi connectivity index (χ1v) is 12.7. The summed E-state index contributed by atoms with van der Waals surface area (Å²) < 4.78 is 0. The summed E-state index contributed by atoms with van der Waals surface area (Å²) in [6.45, 7) is 13.9. The van der Waals surface area contributed by atoms with E-state index in [1.807, 2.05) is 0 Å². The first-order valence-electron chi connectivity index (χ1n) is 12.7. The van der Waals surface area contributed by atoms with Gasteiger partial charge in [-0.3, -0.25) is 0 Å². The number of aliphatic hydroxyl groups is 2. The van der Waals surface area contributed by atoms with Crippen LogP contribution in [0.4, 0.5) is 0 Å². The number of rotatable bonds is 5. The van der Waals surface area contributed by atoms with E-state index in [0.29, 0.717) is 11.8 Å². The molecule has 0 aliphatic heterocycles. The molecule has 4 rings (SSSR count). The van der Waals surface area contributed by atoms with Crippen LogP contribution < -0.4 is 0 Å².